The number of carbonyl (C=O) groups excluding carboxylic acids is 1. The summed E-state index contributed by atoms with van der Waals surface area (Å²) in [5.74, 6) is -1.36. The topological polar surface area (TPSA) is 463 Å². The van der Waals surface area contributed by atoms with Gasteiger partial charge in [-0.25, -0.2) is 9.13 Å². The molecule has 23 N–H and O–H groups in total. The molecule has 0 rings (SSSR count). The van der Waals surface area contributed by atoms with E-state index < -0.39 is 53.0 Å². The second-order valence-corrected chi connectivity index (χ2v) is 6.00. The van der Waals surface area contributed by atoms with Crippen molar-refractivity contribution in [3.8, 4) is 0 Å². The van der Waals surface area contributed by atoms with Crippen molar-refractivity contribution in [1.29, 1.82) is 0 Å². The third-order valence-corrected chi connectivity index (χ3v) is 2.79. The van der Waals surface area contributed by atoms with E-state index in [-0.39, 0.29) is 132 Å². The molecular formula is C6H30Na3O20P2. The third-order valence-electron chi connectivity index (χ3n) is 1.84. The second-order valence-electron chi connectivity index (χ2n) is 3.52. The standard InChI is InChI=1S/C6H14O12P2.3Na.8H2O/c7-3(1-17-19(11,12)13)5(9)6(10)4(8)2-18-20(14,15)16;;;;;;;;;;;/h3,5-7,9-10H,1-2H2,(H2,11,12,13)(H2,14,15,16);;;;8*1H2/t3-,5-,6-;;;;;;;;;;;/m1.........../s1. The molecule has 0 aromatic heterocycles. The van der Waals surface area contributed by atoms with Gasteiger partial charge in [-0.05, 0) is 0 Å². The number of hydrogen-bond donors (Lipinski definition) is 7. The minimum Gasteiger partial charge on any atom is -0.412 e. The fourth-order valence-electron chi connectivity index (χ4n) is 0.906. The zero-order valence-electron chi connectivity index (χ0n) is 16.7. The Balaban J connectivity index is -0.0000000328. The fraction of sp³-hybridized carbons (Fsp3) is 0.833. The molecule has 31 heavy (non-hydrogen) atoms. The van der Waals surface area contributed by atoms with Crippen LogP contribution in [0.5, 0.6) is 0 Å². The molecule has 0 aliphatic carbocycles. The molecule has 3 atom stereocenters. The van der Waals surface area contributed by atoms with E-state index in [4.69, 9.17) is 19.6 Å². The first kappa shape index (κ1) is 76.6. The van der Waals surface area contributed by atoms with Gasteiger partial charge >= 0.3 is 15.6 Å². The zero-order chi connectivity index (χ0) is 16.1. The van der Waals surface area contributed by atoms with Crippen LogP contribution in [0.2, 0.25) is 0 Å². The van der Waals surface area contributed by atoms with Crippen LogP contribution in [0.15, 0.2) is 0 Å². The van der Waals surface area contributed by atoms with E-state index in [1.807, 2.05) is 0 Å². The number of ketones is 1. The molecule has 0 bridgehead atoms. The summed E-state index contributed by atoms with van der Waals surface area (Å²) in [6.07, 6.45) is -6.53. The van der Waals surface area contributed by atoms with E-state index >= 15 is 0 Å². The van der Waals surface area contributed by atoms with Crippen molar-refractivity contribution in [2.75, 3.05) is 13.2 Å². The maximum atomic E-state index is 11.2. The predicted molar refractivity (Wildman–Crippen MR) is 105 cm³/mol. The summed E-state index contributed by atoms with van der Waals surface area (Å²) in [7, 11) is -9.87. The molecule has 20 nitrogen and oxygen atoms in total. The molecule has 0 saturated carbocycles. The van der Waals surface area contributed by atoms with Crippen molar-refractivity contribution in [3.05, 3.63) is 0 Å². The van der Waals surface area contributed by atoms with Crippen LogP contribution >= 0.6 is 15.6 Å². The van der Waals surface area contributed by atoms with E-state index in [0.29, 0.717) is 0 Å². The van der Waals surface area contributed by atoms with Crippen molar-refractivity contribution in [2.45, 2.75) is 18.3 Å². The molecule has 0 heterocycles. The summed E-state index contributed by atoms with van der Waals surface area (Å²) in [5, 5.41) is 27.7. The van der Waals surface area contributed by atoms with Gasteiger partial charge in [-0.2, -0.15) is 0 Å². The van der Waals surface area contributed by atoms with Crippen molar-refractivity contribution >= 4 is 110 Å². The van der Waals surface area contributed by atoms with Gasteiger partial charge in [-0.15, -0.1) is 0 Å². The Bertz CT molecular complexity index is 429. The number of hydrogen-bond acceptors (Lipinski definition) is 8. The van der Waals surface area contributed by atoms with Gasteiger partial charge in [-0.3, -0.25) is 13.8 Å². The van der Waals surface area contributed by atoms with Gasteiger partial charge in [0.25, 0.3) is 0 Å². The number of Topliss-reactive ketones (excluding diaryl/α,β-unsaturated/α-hetero) is 1. The van der Waals surface area contributed by atoms with Crippen molar-refractivity contribution in [1.82, 2.24) is 0 Å². The Morgan fingerprint density at radius 2 is 0.968 bits per heavy atom. The number of rotatable bonds is 9. The first-order valence-corrected chi connectivity index (χ1v) is 7.86. The average Bonchev–Trinajstić information content (AvgIpc) is 2.29. The van der Waals surface area contributed by atoms with Crippen molar-refractivity contribution in [2.24, 2.45) is 0 Å². The normalized spacial score (nSPS) is 11.3. The minimum atomic E-state index is -4.95. The Morgan fingerprint density at radius 3 is 1.23 bits per heavy atom. The van der Waals surface area contributed by atoms with Crippen LogP contribution in [-0.4, -0.2) is 205 Å². The van der Waals surface area contributed by atoms with Crippen LogP contribution in [-0.2, 0) is 23.0 Å². The molecule has 0 fully saturated rings. The molecule has 25 heteroatoms. The molecule has 0 aromatic rings. The quantitative estimate of drug-likeness (QED) is 0.103. The van der Waals surface area contributed by atoms with Gasteiger partial charge in [0.2, 0.25) is 0 Å². The maximum Gasteiger partial charge on any atom is 0.470 e. The predicted octanol–water partition coefficient (Wildman–Crippen LogP) is -10.9. The molecule has 0 unspecified atom stereocenters. The van der Waals surface area contributed by atoms with E-state index in [1.165, 1.54) is 0 Å². The summed E-state index contributed by atoms with van der Waals surface area (Å²) in [4.78, 5) is 44.4. The monoisotopic (exact) mass is 553 g/mol. The third kappa shape index (κ3) is 43.0. The zero-order valence-corrected chi connectivity index (χ0v) is 24.5. The Morgan fingerprint density at radius 1 is 0.677 bits per heavy atom. The summed E-state index contributed by atoms with van der Waals surface area (Å²) in [6, 6.07) is 0. The molecule has 0 spiro atoms. The summed E-state index contributed by atoms with van der Waals surface area (Å²) in [5.41, 5.74) is 0. The van der Waals surface area contributed by atoms with E-state index in [1.54, 1.807) is 0 Å². The molecular weight excluding hydrogens is 523 g/mol. The number of phosphoric ester groups is 2. The smallest absolute Gasteiger partial charge is 0.412 e. The van der Waals surface area contributed by atoms with Crippen LogP contribution in [0.1, 0.15) is 0 Å². The largest absolute Gasteiger partial charge is 0.470 e. The number of carbonyl (C=O) groups is 1. The van der Waals surface area contributed by atoms with Crippen LogP contribution in [0.3, 0.4) is 0 Å². The van der Waals surface area contributed by atoms with Gasteiger partial charge in [-0.1, -0.05) is 0 Å². The van der Waals surface area contributed by atoms with Crippen LogP contribution in [0.25, 0.3) is 0 Å². The minimum absolute atomic E-state index is 0. The molecule has 3 radical (unpaired) electrons. The van der Waals surface area contributed by atoms with E-state index in [0.717, 1.165) is 0 Å². The molecule has 0 aliphatic heterocycles. The first-order valence-electron chi connectivity index (χ1n) is 4.80. The van der Waals surface area contributed by atoms with Crippen molar-refractivity contribution in [3.63, 3.8) is 0 Å². The Kier molecular flexibility index (Phi) is 85.5. The van der Waals surface area contributed by atoms with Crippen LogP contribution in [0.4, 0.5) is 0 Å². The van der Waals surface area contributed by atoms with E-state index in [9.17, 15) is 29.2 Å². The summed E-state index contributed by atoms with van der Waals surface area (Å²) < 4.78 is 28.2. The van der Waals surface area contributed by atoms with E-state index in [2.05, 4.69) is 9.05 Å². The second kappa shape index (κ2) is 34.6. The molecule has 0 amide bonds. The number of phosphoric acid groups is 2. The Hall–Kier alpha value is 2.45. The van der Waals surface area contributed by atoms with Gasteiger partial charge in [0.15, 0.2) is 5.78 Å². The molecule has 187 valence electrons. The van der Waals surface area contributed by atoms with Crippen molar-refractivity contribution < 1.29 is 102 Å². The van der Waals surface area contributed by atoms with Crippen LogP contribution < -0.4 is 0 Å². The molecule has 0 aromatic carbocycles. The van der Waals surface area contributed by atoms with Crippen LogP contribution in [0, 0.1) is 0 Å². The van der Waals surface area contributed by atoms with Gasteiger partial charge in [0, 0.05) is 88.7 Å². The van der Waals surface area contributed by atoms with Gasteiger partial charge < -0.3 is 78.7 Å². The van der Waals surface area contributed by atoms with Gasteiger partial charge in [0.05, 0.1) is 6.61 Å². The molecule has 0 saturated heterocycles. The SMILES string of the molecule is O.O.O.O.O.O.O.O.O=C(COP(=O)(O)O)[C@@H](O)[C@H](O)[C@H](O)COP(=O)(O)O.[Na].[Na].[Na]. The first-order chi connectivity index (χ1) is 8.83. The van der Waals surface area contributed by atoms with Gasteiger partial charge in [0.1, 0.15) is 24.9 Å². The summed E-state index contributed by atoms with van der Waals surface area (Å²) >= 11 is 0. The molecule has 0 aliphatic rings. The number of aliphatic hydroxyl groups is 3. The average molecular weight is 553 g/mol. The Labute approximate surface area is 241 Å². The maximum absolute atomic E-state index is 11.2. The fourth-order valence-corrected chi connectivity index (χ4v) is 1.55. The summed E-state index contributed by atoms with van der Waals surface area (Å²) in [6.45, 7) is -2.33. The number of aliphatic hydroxyl groups excluding tert-OH is 3.